The van der Waals surface area contributed by atoms with E-state index in [0.29, 0.717) is 19.4 Å². The van der Waals surface area contributed by atoms with E-state index < -0.39 is 11.7 Å². The third kappa shape index (κ3) is 4.36. The number of hydrogen-bond donors (Lipinski definition) is 1. The van der Waals surface area contributed by atoms with Gasteiger partial charge in [0.1, 0.15) is 5.75 Å². The highest BCUT2D eigenvalue weighted by molar-refractivity contribution is 5.82. The first-order chi connectivity index (χ1) is 12.4. The molecule has 0 spiro atoms. The van der Waals surface area contributed by atoms with Crippen molar-refractivity contribution in [1.29, 1.82) is 0 Å². The van der Waals surface area contributed by atoms with Crippen LogP contribution in [0.3, 0.4) is 0 Å². The first-order valence-corrected chi connectivity index (χ1v) is 8.46. The van der Waals surface area contributed by atoms with Gasteiger partial charge in [-0.05, 0) is 54.2 Å². The van der Waals surface area contributed by atoms with Gasteiger partial charge in [0.15, 0.2) is 0 Å². The number of ether oxygens (including phenoxy) is 1. The van der Waals surface area contributed by atoms with Crippen molar-refractivity contribution in [2.24, 2.45) is 5.92 Å². The summed E-state index contributed by atoms with van der Waals surface area (Å²) in [5, 5.41) is 2.91. The van der Waals surface area contributed by atoms with Gasteiger partial charge in [0.25, 0.3) is 0 Å². The molecular formula is C20H20F3NO2. The molecule has 2 unspecified atom stereocenters. The number of carbonyl (C=O) groups is 1. The number of nitrogens with one attached hydrogen (secondary N) is 1. The number of alkyl halides is 3. The molecule has 1 amide bonds. The molecule has 3 nitrogen and oxygen atoms in total. The fourth-order valence-corrected chi connectivity index (χ4v) is 3.03. The second kappa shape index (κ2) is 7.40. The third-order valence-corrected chi connectivity index (χ3v) is 4.67. The van der Waals surface area contributed by atoms with Crippen LogP contribution in [-0.2, 0) is 17.4 Å². The van der Waals surface area contributed by atoms with Gasteiger partial charge < -0.3 is 10.1 Å². The first-order valence-electron chi connectivity index (χ1n) is 8.46. The van der Waals surface area contributed by atoms with Crippen molar-refractivity contribution in [3.05, 3.63) is 65.2 Å². The van der Waals surface area contributed by atoms with Crippen molar-refractivity contribution in [2.75, 3.05) is 13.7 Å². The second-order valence-corrected chi connectivity index (χ2v) is 6.46. The number of methoxy groups -OCH3 is 1. The second-order valence-electron chi connectivity index (χ2n) is 6.46. The van der Waals surface area contributed by atoms with E-state index in [9.17, 15) is 18.0 Å². The number of halogens is 3. The summed E-state index contributed by atoms with van der Waals surface area (Å²) in [6, 6.07) is 12.7. The Morgan fingerprint density at radius 2 is 1.77 bits per heavy atom. The smallest absolute Gasteiger partial charge is 0.416 e. The molecule has 2 aromatic carbocycles. The van der Waals surface area contributed by atoms with E-state index in [-0.39, 0.29) is 17.7 Å². The van der Waals surface area contributed by atoms with Gasteiger partial charge in [-0.15, -0.1) is 0 Å². The average molecular weight is 363 g/mol. The van der Waals surface area contributed by atoms with Crippen LogP contribution >= 0.6 is 0 Å². The zero-order valence-electron chi connectivity index (χ0n) is 14.3. The lowest BCUT2D eigenvalue weighted by atomic mass is 10.1. The summed E-state index contributed by atoms with van der Waals surface area (Å²) in [5.41, 5.74) is 1.22. The normalized spacial score (nSPS) is 19.1. The molecule has 2 aromatic rings. The molecule has 1 aliphatic rings. The molecule has 3 rings (SSSR count). The molecule has 138 valence electrons. The first kappa shape index (κ1) is 18.3. The maximum atomic E-state index is 12.6. The van der Waals surface area contributed by atoms with Crippen molar-refractivity contribution in [3.63, 3.8) is 0 Å². The Bertz CT molecular complexity index is 754. The molecule has 2 atom stereocenters. The molecule has 6 heteroatoms. The number of carbonyl (C=O) groups excluding carboxylic acids is 1. The van der Waals surface area contributed by atoms with Crippen LogP contribution in [0.5, 0.6) is 5.75 Å². The standard InChI is InChI=1S/C20H20F3NO2/c1-26-16-8-2-13(3-9-16)10-11-24-19(25)18-12-17(18)14-4-6-15(7-5-14)20(21,22)23/h2-9,17-18H,10-12H2,1H3,(H,24,25). The lowest BCUT2D eigenvalue weighted by Gasteiger charge is -2.08. The predicted molar refractivity (Wildman–Crippen MR) is 92.0 cm³/mol. The molecule has 1 saturated carbocycles. The van der Waals surface area contributed by atoms with E-state index in [1.807, 2.05) is 24.3 Å². The summed E-state index contributed by atoms with van der Waals surface area (Å²) in [6.45, 7) is 0.529. The number of rotatable bonds is 6. The van der Waals surface area contributed by atoms with Gasteiger partial charge in [-0.2, -0.15) is 13.2 Å². The van der Waals surface area contributed by atoms with E-state index in [4.69, 9.17) is 4.74 Å². The summed E-state index contributed by atoms with van der Waals surface area (Å²) in [4.78, 5) is 12.2. The molecule has 1 N–H and O–H groups in total. The van der Waals surface area contributed by atoms with E-state index in [0.717, 1.165) is 29.0 Å². The van der Waals surface area contributed by atoms with Gasteiger partial charge >= 0.3 is 6.18 Å². The van der Waals surface area contributed by atoms with Crippen molar-refractivity contribution < 1.29 is 22.7 Å². The maximum Gasteiger partial charge on any atom is 0.416 e. The van der Waals surface area contributed by atoms with Crippen LogP contribution in [0.1, 0.15) is 29.0 Å². The highest BCUT2D eigenvalue weighted by Gasteiger charge is 2.44. The molecule has 0 saturated heterocycles. The van der Waals surface area contributed by atoms with Gasteiger partial charge in [0, 0.05) is 12.5 Å². The highest BCUT2D eigenvalue weighted by Crippen LogP contribution is 2.47. The topological polar surface area (TPSA) is 38.3 Å². The molecule has 0 radical (unpaired) electrons. The monoisotopic (exact) mass is 363 g/mol. The highest BCUT2D eigenvalue weighted by atomic mass is 19.4. The van der Waals surface area contributed by atoms with Crippen LogP contribution in [0.4, 0.5) is 13.2 Å². The molecule has 1 fully saturated rings. The fourth-order valence-electron chi connectivity index (χ4n) is 3.03. The zero-order chi connectivity index (χ0) is 18.7. The summed E-state index contributed by atoms with van der Waals surface area (Å²) in [5.74, 6) is 0.611. The lowest BCUT2D eigenvalue weighted by molar-refractivity contribution is -0.137. The average Bonchev–Trinajstić information content (AvgIpc) is 3.42. The summed E-state index contributed by atoms with van der Waals surface area (Å²) in [7, 11) is 1.61. The van der Waals surface area contributed by atoms with Crippen LogP contribution < -0.4 is 10.1 Å². The minimum Gasteiger partial charge on any atom is -0.497 e. The van der Waals surface area contributed by atoms with Crippen LogP contribution in [0, 0.1) is 5.92 Å². The zero-order valence-corrected chi connectivity index (χ0v) is 14.3. The number of amides is 1. The Morgan fingerprint density at radius 3 is 2.35 bits per heavy atom. The van der Waals surface area contributed by atoms with E-state index in [2.05, 4.69) is 5.32 Å². The maximum absolute atomic E-state index is 12.6. The molecule has 26 heavy (non-hydrogen) atoms. The van der Waals surface area contributed by atoms with Crippen LogP contribution in [0.15, 0.2) is 48.5 Å². The summed E-state index contributed by atoms with van der Waals surface area (Å²) < 4.78 is 42.9. The quantitative estimate of drug-likeness (QED) is 0.836. The Morgan fingerprint density at radius 1 is 1.12 bits per heavy atom. The van der Waals surface area contributed by atoms with Crippen molar-refractivity contribution >= 4 is 5.91 Å². The third-order valence-electron chi connectivity index (χ3n) is 4.67. The van der Waals surface area contributed by atoms with Crippen LogP contribution in [-0.4, -0.2) is 19.6 Å². The molecule has 0 aromatic heterocycles. The van der Waals surface area contributed by atoms with Gasteiger partial charge in [-0.25, -0.2) is 0 Å². The largest absolute Gasteiger partial charge is 0.497 e. The SMILES string of the molecule is COc1ccc(CCNC(=O)C2CC2c2ccc(C(F)(F)F)cc2)cc1. The summed E-state index contributed by atoms with van der Waals surface area (Å²) >= 11 is 0. The van der Waals surface area contributed by atoms with Gasteiger partial charge in [0.05, 0.1) is 12.7 Å². The van der Waals surface area contributed by atoms with Crippen LogP contribution in [0.25, 0.3) is 0 Å². The lowest BCUT2D eigenvalue weighted by Crippen LogP contribution is -2.27. The fraction of sp³-hybridized carbons (Fsp3) is 0.350. The summed E-state index contributed by atoms with van der Waals surface area (Å²) in [6.07, 6.45) is -2.94. The van der Waals surface area contributed by atoms with Gasteiger partial charge in [-0.1, -0.05) is 24.3 Å². The Labute approximate surface area is 150 Å². The van der Waals surface area contributed by atoms with Gasteiger partial charge in [0.2, 0.25) is 5.91 Å². The van der Waals surface area contributed by atoms with Crippen molar-refractivity contribution in [1.82, 2.24) is 5.32 Å². The predicted octanol–water partition coefficient (Wildman–Crippen LogP) is 4.18. The Balaban J connectivity index is 1.46. The molecule has 1 aliphatic carbocycles. The minimum atomic E-state index is -4.33. The molecule has 0 heterocycles. The van der Waals surface area contributed by atoms with Crippen LogP contribution in [0.2, 0.25) is 0 Å². The molecular weight excluding hydrogens is 343 g/mol. The molecule has 0 aliphatic heterocycles. The molecule has 0 bridgehead atoms. The minimum absolute atomic E-state index is 0.0123. The van der Waals surface area contributed by atoms with Crippen molar-refractivity contribution in [3.8, 4) is 5.75 Å². The Hall–Kier alpha value is -2.50. The number of hydrogen-bond acceptors (Lipinski definition) is 2. The Kier molecular flexibility index (Phi) is 5.20. The van der Waals surface area contributed by atoms with E-state index in [1.54, 1.807) is 7.11 Å². The van der Waals surface area contributed by atoms with Crippen molar-refractivity contribution in [2.45, 2.75) is 24.9 Å². The van der Waals surface area contributed by atoms with E-state index in [1.165, 1.54) is 12.1 Å². The van der Waals surface area contributed by atoms with Gasteiger partial charge in [-0.3, -0.25) is 4.79 Å². The van der Waals surface area contributed by atoms with E-state index >= 15 is 0 Å². The number of benzene rings is 2.